The number of hydrogen-bond donors (Lipinski definition) is 1. The fourth-order valence-corrected chi connectivity index (χ4v) is 5.84. The van der Waals surface area contributed by atoms with E-state index in [0.29, 0.717) is 4.21 Å². The molecule has 0 aliphatic carbocycles. The minimum Gasteiger partial charge on any atom is -0.348 e. The highest BCUT2D eigenvalue weighted by molar-refractivity contribution is 7.91. The molecule has 0 aromatic carbocycles. The molecule has 3 heterocycles. The Morgan fingerprint density at radius 2 is 2.14 bits per heavy atom. The van der Waals surface area contributed by atoms with Gasteiger partial charge in [0.25, 0.3) is 0 Å². The number of aryl methyl sites for hydroxylation is 1. The Balaban J connectivity index is 1.60. The van der Waals surface area contributed by atoms with Crippen LogP contribution in [-0.2, 0) is 16.4 Å². The van der Waals surface area contributed by atoms with Crippen molar-refractivity contribution in [3.8, 4) is 0 Å². The van der Waals surface area contributed by atoms with Gasteiger partial charge in [-0.2, -0.15) is 0 Å². The van der Waals surface area contributed by atoms with Gasteiger partial charge < -0.3 is 4.90 Å². The van der Waals surface area contributed by atoms with Gasteiger partial charge in [0.1, 0.15) is 4.21 Å². The second-order valence-corrected chi connectivity index (χ2v) is 9.25. The van der Waals surface area contributed by atoms with E-state index in [2.05, 4.69) is 14.6 Å². The van der Waals surface area contributed by atoms with Crippen LogP contribution in [0.1, 0.15) is 24.6 Å². The second-order valence-electron chi connectivity index (χ2n) is 5.27. The molecular weight excluding hydrogens is 338 g/mol. The third-order valence-electron chi connectivity index (χ3n) is 3.76. The van der Waals surface area contributed by atoms with Gasteiger partial charge in [0.15, 0.2) is 5.13 Å². The highest BCUT2D eigenvalue weighted by atomic mass is 32.2. The van der Waals surface area contributed by atoms with E-state index in [-0.39, 0.29) is 6.04 Å². The molecule has 8 heteroatoms. The first-order valence-corrected chi connectivity index (χ1v) is 10.5. The van der Waals surface area contributed by atoms with Crippen molar-refractivity contribution >= 4 is 37.8 Å². The summed E-state index contributed by atoms with van der Waals surface area (Å²) in [4.78, 5) is 7.62. The summed E-state index contributed by atoms with van der Waals surface area (Å²) in [6, 6.07) is 3.61. The molecule has 2 aromatic heterocycles. The van der Waals surface area contributed by atoms with Crippen LogP contribution in [0, 0.1) is 0 Å². The third-order valence-corrected chi connectivity index (χ3v) is 7.83. The Kier molecular flexibility index (Phi) is 4.82. The minimum atomic E-state index is -3.38. The number of nitrogens with one attached hydrogen (secondary N) is 1. The Hall–Kier alpha value is -0.960. The zero-order valence-electron chi connectivity index (χ0n) is 12.4. The van der Waals surface area contributed by atoms with Gasteiger partial charge in [0.05, 0.1) is 0 Å². The van der Waals surface area contributed by atoms with E-state index in [4.69, 9.17) is 0 Å². The Morgan fingerprint density at radius 1 is 1.36 bits per heavy atom. The smallest absolute Gasteiger partial charge is 0.250 e. The lowest BCUT2D eigenvalue weighted by Crippen LogP contribution is -2.44. The van der Waals surface area contributed by atoms with Gasteiger partial charge in [-0.3, -0.25) is 0 Å². The predicted molar refractivity (Wildman–Crippen MR) is 91.4 cm³/mol. The molecule has 1 saturated heterocycles. The molecule has 0 bridgehead atoms. The van der Waals surface area contributed by atoms with Crippen molar-refractivity contribution in [2.75, 3.05) is 18.0 Å². The van der Waals surface area contributed by atoms with Crippen molar-refractivity contribution in [3.63, 3.8) is 0 Å². The molecule has 0 amide bonds. The van der Waals surface area contributed by atoms with E-state index in [1.165, 1.54) is 11.3 Å². The number of piperidine rings is 1. The summed E-state index contributed by atoms with van der Waals surface area (Å²) < 4.78 is 28.1. The van der Waals surface area contributed by atoms with Crippen LogP contribution in [0.15, 0.2) is 27.9 Å². The zero-order valence-corrected chi connectivity index (χ0v) is 14.8. The molecule has 3 rings (SSSR count). The number of aromatic nitrogens is 1. The summed E-state index contributed by atoms with van der Waals surface area (Å²) in [6.45, 7) is 3.71. The highest BCUT2D eigenvalue weighted by Gasteiger charge is 2.26. The molecule has 1 aliphatic rings. The van der Waals surface area contributed by atoms with E-state index < -0.39 is 10.0 Å². The Labute approximate surface area is 139 Å². The fraction of sp³-hybridized carbons (Fsp3) is 0.500. The monoisotopic (exact) mass is 357 g/mol. The van der Waals surface area contributed by atoms with Crippen molar-refractivity contribution in [1.29, 1.82) is 0 Å². The van der Waals surface area contributed by atoms with Gasteiger partial charge in [0, 0.05) is 35.6 Å². The van der Waals surface area contributed by atoms with Crippen molar-refractivity contribution in [2.45, 2.75) is 36.4 Å². The summed E-state index contributed by atoms with van der Waals surface area (Å²) in [5.74, 6) is 0. The average molecular weight is 358 g/mol. The quantitative estimate of drug-likeness (QED) is 0.894. The van der Waals surface area contributed by atoms with Crippen LogP contribution in [0.3, 0.4) is 0 Å². The standard InChI is InChI=1S/C14H19N3O2S3/c1-2-12-3-4-13(21-12)22(18,19)16-11-5-8-17(9-6-11)14-15-7-10-20-14/h3-4,7,10-11,16H,2,5-6,8-9H2,1H3. The first-order chi connectivity index (χ1) is 10.6. The summed E-state index contributed by atoms with van der Waals surface area (Å²) >= 11 is 2.98. The van der Waals surface area contributed by atoms with Crippen molar-refractivity contribution < 1.29 is 8.42 Å². The van der Waals surface area contributed by atoms with Gasteiger partial charge in [0.2, 0.25) is 10.0 Å². The molecule has 0 saturated carbocycles. The topological polar surface area (TPSA) is 62.3 Å². The maximum absolute atomic E-state index is 12.4. The van der Waals surface area contributed by atoms with Gasteiger partial charge in [-0.1, -0.05) is 6.92 Å². The lowest BCUT2D eigenvalue weighted by atomic mass is 10.1. The first-order valence-electron chi connectivity index (χ1n) is 7.34. The van der Waals surface area contributed by atoms with Gasteiger partial charge >= 0.3 is 0 Å². The molecule has 0 spiro atoms. The highest BCUT2D eigenvalue weighted by Crippen LogP contribution is 2.25. The molecule has 0 atom stereocenters. The van der Waals surface area contributed by atoms with Gasteiger partial charge in [-0.15, -0.1) is 22.7 Å². The fourth-order valence-electron chi connectivity index (χ4n) is 2.53. The van der Waals surface area contributed by atoms with E-state index in [0.717, 1.165) is 42.4 Å². The summed E-state index contributed by atoms with van der Waals surface area (Å²) in [7, 11) is -3.38. The Bertz CT molecular complexity index is 702. The predicted octanol–water partition coefficient (Wildman–Crippen LogP) is 2.71. The average Bonchev–Trinajstić information content (AvgIpc) is 3.19. The largest absolute Gasteiger partial charge is 0.348 e. The second kappa shape index (κ2) is 6.66. The van der Waals surface area contributed by atoms with Crippen LogP contribution in [0.4, 0.5) is 5.13 Å². The number of anilines is 1. The third kappa shape index (κ3) is 3.51. The van der Waals surface area contributed by atoms with Crippen LogP contribution < -0.4 is 9.62 Å². The molecule has 2 aromatic rings. The van der Waals surface area contributed by atoms with Crippen LogP contribution >= 0.6 is 22.7 Å². The molecule has 0 unspecified atom stereocenters. The number of sulfonamides is 1. The maximum Gasteiger partial charge on any atom is 0.250 e. The maximum atomic E-state index is 12.4. The lowest BCUT2D eigenvalue weighted by Gasteiger charge is -2.31. The molecule has 0 radical (unpaired) electrons. The van der Waals surface area contributed by atoms with Gasteiger partial charge in [-0.25, -0.2) is 18.1 Å². The molecule has 22 heavy (non-hydrogen) atoms. The molecule has 1 aliphatic heterocycles. The summed E-state index contributed by atoms with van der Waals surface area (Å²) in [6.07, 6.45) is 4.29. The van der Waals surface area contributed by atoms with Gasteiger partial charge in [-0.05, 0) is 31.4 Å². The first kappa shape index (κ1) is 15.9. The number of hydrogen-bond acceptors (Lipinski definition) is 6. The van der Waals surface area contributed by atoms with Crippen LogP contribution in [0.5, 0.6) is 0 Å². The normalized spacial score (nSPS) is 17.0. The SMILES string of the molecule is CCc1ccc(S(=O)(=O)NC2CCN(c3nccs3)CC2)s1. The molecule has 1 fully saturated rings. The number of nitrogens with zero attached hydrogens (tertiary/aromatic N) is 2. The molecule has 120 valence electrons. The van der Waals surface area contributed by atoms with Crippen LogP contribution in [0.25, 0.3) is 0 Å². The van der Waals surface area contributed by atoms with Crippen molar-refractivity contribution in [1.82, 2.24) is 9.71 Å². The lowest BCUT2D eigenvalue weighted by molar-refractivity contribution is 0.460. The van der Waals surface area contributed by atoms with Crippen molar-refractivity contribution in [2.24, 2.45) is 0 Å². The molecule has 1 N–H and O–H groups in total. The number of thiazole rings is 1. The van der Waals surface area contributed by atoms with Crippen LogP contribution in [0.2, 0.25) is 0 Å². The van der Waals surface area contributed by atoms with E-state index >= 15 is 0 Å². The van der Waals surface area contributed by atoms with Crippen LogP contribution in [-0.4, -0.2) is 32.5 Å². The number of rotatable bonds is 5. The molecular formula is C14H19N3O2S3. The molecule has 5 nitrogen and oxygen atoms in total. The zero-order chi connectivity index (χ0) is 15.6. The van der Waals surface area contributed by atoms with E-state index in [9.17, 15) is 8.42 Å². The minimum absolute atomic E-state index is 0.00777. The van der Waals surface area contributed by atoms with E-state index in [1.54, 1.807) is 23.6 Å². The van der Waals surface area contributed by atoms with Crippen molar-refractivity contribution in [3.05, 3.63) is 28.6 Å². The summed E-state index contributed by atoms with van der Waals surface area (Å²) in [5.41, 5.74) is 0. The Morgan fingerprint density at radius 3 is 2.73 bits per heavy atom. The van der Waals surface area contributed by atoms with E-state index in [1.807, 2.05) is 18.4 Å². The number of thiophene rings is 1. The summed E-state index contributed by atoms with van der Waals surface area (Å²) in [5, 5.41) is 2.99.